The number of carbonyl (C=O) groups excluding carboxylic acids is 1. The molecule has 0 saturated heterocycles. The van der Waals surface area contributed by atoms with E-state index >= 15 is 0 Å². The topological polar surface area (TPSA) is 94.8 Å². The van der Waals surface area contributed by atoms with E-state index in [1.165, 1.54) is 7.11 Å². The molecule has 2 N–H and O–H groups in total. The fourth-order valence-electron chi connectivity index (χ4n) is 3.56. The van der Waals surface area contributed by atoms with Crippen molar-refractivity contribution in [1.82, 2.24) is 9.55 Å². The van der Waals surface area contributed by atoms with Crippen molar-refractivity contribution in [3.05, 3.63) is 72.1 Å². The van der Waals surface area contributed by atoms with Gasteiger partial charge in [0.15, 0.2) is 5.88 Å². The van der Waals surface area contributed by atoms with Gasteiger partial charge in [-0.05, 0) is 60.9 Å². The average molecular weight is 494 g/mol. The fraction of sp³-hybridized carbons (Fsp3) is 0.231. The number of benzene rings is 2. The average Bonchev–Trinajstić information content (AvgIpc) is 3.15. The molecule has 4 rings (SSSR count). The Kier molecular flexibility index (Phi) is 7.60. The Bertz CT molecular complexity index is 1320. The predicted molar refractivity (Wildman–Crippen MR) is 136 cm³/mol. The second-order valence-electron chi connectivity index (χ2n) is 8.50. The number of aryl methyl sites for hydroxylation is 1. The van der Waals surface area contributed by atoms with E-state index in [-0.39, 0.29) is 11.8 Å². The highest BCUT2D eigenvalue weighted by molar-refractivity contribution is 7.94. The lowest BCUT2D eigenvalue weighted by Gasteiger charge is -2.11. The Balaban J connectivity index is 1.70. The zero-order valence-corrected chi connectivity index (χ0v) is 20.8. The minimum absolute atomic E-state index is 0.0881. The lowest BCUT2D eigenvalue weighted by atomic mass is 10.1. The van der Waals surface area contributed by atoms with Crippen LogP contribution in [0.15, 0.2) is 65.8 Å². The number of nitrogens with zero attached hydrogens (tertiary/aromatic N) is 2. The summed E-state index contributed by atoms with van der Waals surface area (Å²) in [5.41, 5.74) is 1.34. The maximum atomic E-state index is 13.1. The largest absolute Gasteiger partial charge is 0.494 e. The summed E-state index contributed by atoms with van der Waals surface area (Å²) in [5, 5.41) is 14.9. The molecule has 0 saturated carbocycles. The fourth-order valence-corrected chi connectivity index (χ4v) is 3.95. The molecule has 1 amide bonds. The normalized spacial score (nSPS) is 11.2. The minimum atomic E-state index is -0.354. The van der Waals surface area contributed by atoms with E-state index in [9.17, 15) is 9.90 Å². The maximum absolute atomic E-state index is 13.1. The van der Waals surface area contributed by atoms with Gasteiger partial charge in [-0.15, -0.1) is 0 Å². The van der Waals surface area contributed by atoms with Crippen LogP contribution in [0.1, 0.15) is 29.8 Å². The summed E-state index contributed by atoms with van der Waals surface area (Å²) in [6, 6.07) is 14.2. The Morgan fingerprint density at radius 3 is 2.57 bits per heavy atom. The van der Waals surface area contributed by atoms with Gasteiger partial charge in [0.05, 0.1) is 19.2 Å². The molecule has 0 radical (unpaired) electrons. The number of amides is 1. The summed E-state index contributed by atoms with van der Waals surface area (Å²) in [5.74, 6) is 1.52. The number of ether oxygens (including phenoxy) is 1. The minimum Gasteiger partial charge on any atom is -0.494 e. The molecule has 2 heterocycles. The number of aromatic hydroxyl groups is 1. The van der Waals surface area contributed by atoms with Crippen LogP contribution in [0.25, 0.3) is 10.8 Å². The molecule has 0 bridgehead atoms. The molecular weight excluding hydrogens is 466 g/mol. The predicted octanol–water partition coefficient (Wildman–Crippen LogP) is 6.34. The van der Waals surface area contributed by atoms with Gasteiger partial charge in [0.25, 0.3) is 5.91 Å². The second-order valence-corrected chi connectivity index (χ2v) is 9.28. The Morgan fingerprint density at radius 1 is 1.14 bits per heavy atom. The summed E-state index contributed by atoms with van der Waals surface area (Å²) in [7, 11) is 1.44. The zero-order chi connectivity index (χ0) is 24.9. The van der Waals surface area contributed by atoms with Crippen molar-refractivity contribution in [3.63, 3.8) is 0 Å². The maximum Gasteiger partial charge on any atom is 0.256 e. The van der Waals surface area contributed by atoms with Gasteiger partial charge < -0.3 is 19.7 Å². The number of aromatic nitrogens is 2. The van der Waals surface area contributed by atoms with Crippen molar-refractivity contribution < 1.29 is 23.9 Å². The van der Waals surface area contributed by atoms with Crippen LogP contribution in [0.4, 0.5) is 5.82 Å². The van der Waals surface area contributed by atoms with Gasteiger partial charge in [0.2, 0.25) is 0 Å². The molecule has 9 heteroatoms. The summed E-state index contributed by atoms with van der Waals surface area (Å²) in [6.45, 7) is 6.69. The smallest absolute Gasteiger partial charge is 0.256 e. The molecule has 0 aliphatic rings. The summed E-state index contributed by atoms with van der Waals surface area (Å²) in [4.78, 5) is 22.8. The monoisotopic (exact) mass is 493 g/mol. The van der Waals surface area contributed by atoms with Gasteiger partial charge in [-0.2, -0.15) is 4.33 Å². The summed E-state index contributed by atoms with van der Waals surface area (Å²) < 4.78 is 12.8. The number of anilines is 1. The van der Waals surface area contributed by atoms with E-state index in [0.29, 0.717) is 46.1 Å². The zero-order valence-electron chi connectivity index (χ0n) is 19.9. The van der Waals surface area contributed by atoms with E-state index in [2.05, 4.69) is 29.0 Å². The van der Waals surface area contributed by atoms with Gasteiger partial charge in [0.1, 0.15) is 17.3 Å². The lowest BCUT2D eigenvalue weighted by molar-refractivity contribution is -0.160. The van der Waals surface area contributed by atoms with Gasteiger partial charge in [-0.1, -0.05) is 19.9 Å². The van der Waals surface area contributed by atoms with Crippen LogP contribution in [0, 0.1) is 12.8 Å². The first kappa shape index (κ1) is 24.6. The molecule has 2 aromatic carbocycles. The first-order chi connectivity index (χ1) is 16.8. The first-order valence-electron chi connectivity index (χ1n) is 11.1. The third-order valence-corrected chi connectivity index (χ3v) is 5.84. The summed E-state index contributed by atoms with van der Waals surface area (Å²) in [6.07, 6.45) is 3.53. The quantitative estimate of drug-likeness (QED) is 0.160. The molecule has 2 aromatic heterocycles. The molecule has 182 valence electrons. The number of rotatable bonds is 9. The van der Waals surface area contributed by atoms with Crippen LogP contribution in [0.5, 0.6) is 17.4 Å². The van der Waals surface area contributed by atoms with Crippen molar-refractivity contribution >= 4 is 34.5 Å². The number of fused-ring (bicyclic) bond motifs is 1. The highest BCUT2D eigenvalue weighted by Gasteiger charge is 2.19. The van der Waals surface area contributed by atoms with Crippen LogP contribution < -0.4 is 10.1 Å². The molecule has 0 unspecified atom stereocenters. The highest BCUT2D eigenvalue weighted by atomic mass is 32.2. The standard InChI is InChI=1S/C26H27N3O5S/c1-16(2)14-29-15-22-21(26(29)31)11-18(25(30)28-24-10-5-17(3)13-27-24)12-23(22)33-19-6-8-20(9-7-19)35-34-32-4/h5-13,15-16,31H,14H2,1-4H3,(H,27,28,30). The van der Waals surface area contributed by atoms with Crippen molar-refractivity contribution in [2.45, 2.75) is 32.2 Å². The van der Waals surface area contributed by atoms with Crippen LogP contribution in [0.2, 0.25) is 0 Å². The molecule has 35 heavy (non-hydrogen) atoms. The van der Waals surface area contributed by atoms with E-state index in [1.807, 2.05) is 31.3 Å². The van der Waals surface area contributed by atoms with Crippen molar-refractivity contribution in [3.8, 4) is 17.4 Å². The number of nitrogens with one attached hydrogen (secondary N) is 1. The Hall–Kier alpha value is -3.53. The van der Waals surface area contributed by atoms with E-state index in [4.69, 9.17) is 9.07 Å². The molecule has 0 aliphatic carbocycles. The van der Waals surface area contributed by atoms with Gasteiger partial charge in [-0.25, -0.2) is 9.87 Å². The molecule has 0 aliphatic heterocycles. The molecular formula is C26H27N3O5S. The molecule has 0 fully saturated rings. The first-order valence-corrected chi connectivity index (χ1v) is 11.8. The molecule has 4 aromatic rings. The van der Waals surface area contributed by atoms with Gasteiger partial charge in [-0.3, -0.25) is 4.79 Å². The second kappa shape index (κ2) is 10.8. The molecule has 8 nitrogen and oxygen atoms in total. The number of hydrogen-bond donors (Lipinski definition) is 2. The van der Waals surface area contributed by atoms with E-state index in [1.54, 1.807) is 41.1 Å². The third-order valence-electron chi connectivity index (χ3n) is 5.17. The van der Waals surface area contributed by atoms with Crippen molar-refractivity contribution in [2.75, 3.05) is 12.4 Å². The number of carbonyl (C=O) groups is 1. The Labute approximate surface area is 208 Å². The van der Waals surface area contributed by atoms with Crippen LogP contribution >= 0.6 is 12.0 Å². The van der Waals surface area contributed by atoms with E-state index < -0.39 is 0 Å². The van der Waals surface area contributed by atoms with Gasteiger partial charge in [0, 0.05) is 40.2 Å². The van der Waals surface area contributed by atoms with E-state index in [0.717, 1.165) is 22.5 Å². The van der Waals surface area contributed by atoms with Crippen LogP contribution in [0.3, 0.4) is 0 Å². The molecule has 0 spiro atoms. The SMILES string of the molecule is COOSc1ccc(Oc2cc(C(=O)Nc3ccc(C)cn3)cc3c(O)n(CC(C)C)cc23)cc1. The van der Waals surface area contributed by atoms with Crippen molar-refractivity contribution in [2.24, 2.45) is 5.92 Å². The summed E-state index contributed by atoms with van der Waals surface area (Å²) >= 11 is 1.08. The molecule has 0 atom stereocenters. The van der Waals surface area contributed by atoms with Crippen LogP contribution in [-0.2, 0) is 15.8 Å². The number of pyridine rings is 1. The Morgan fingerprint density at radius 2 is 1.91 bits per heavy atom. The lowest BCUT2D eigenvalue weighted by Crippen LogP contribution is -2.13. The van der Waals surface area contributed by atoms with Gasteiger partial charge >= 0.3 is 0 Å². The van der Waals surface area contributed by atoms with Crippen molar-refractivity contribution in [1.29, 1.82) is 0 Å². The third kappa shape index (κ3) is 5.94. The highest BCUT2D eigenvalue weighted by Crippen LogP contribution is 2.38. The van der Waals surface area contributed by atoms with Crippen LogP contribution in [-0.4, -0.2) is 27.7 Å². The number of hydrogen-bond acceptors (Lipinski definition) is 7.